The van der Waals surface area contributed by atoms with Crippen molar-refractivity contribution in [3.05, 3.63) is 0 Å². The van der Waals surface area contributed by atoms with Gasteiger partial charge in [-0.15, -0.1) is 0 Å². The molecule has 0 radical (unpaired) electrons. The first-order valence-corrected chi connectivity index (χ1v) is 0.752. The first-order chi connectivity index (χ1) is 2.27. The van der Waals surface area contributed by atoms with Gasteiger partial charge < -0.3 is 0 Å². The van der Waals surface area contributed by atoms with Crippen molar-refractivity contribution >= 4 is 6.41 Å². The molecule has 4 heavy (non-hydrogen) atoms. The molecule has 3 nitrogen and oxygen atoms in total. The summed E-state index contributed by atoms with van der Waals surface area (Å²) < 4.78 is 6.07. The lowest BCUT2D eigenvalue weighted by Crippen LogP contribution is -2.18. The minimum Gasteiger partial charge on any atom is -0.297 e. The molecule has 0 atom stereocenters. The summed E-state index contributed by atoms with van der Waals surface area (Å²) in [5.74, 6) is 4.42. The average Bonchev–Trinajstić information content (AvgIpc) is 1.38. The maximum atomic E-state index is 9.12. The monoisotopic (exact) mass is 61.0 g/mol. The smallest absolute Gasteiger partial charge is 0.221 e. The van der Waals surface area contributed by atoms with E-state index < -0.39 is 0 Å². The molecule has 0 unspecified atom stereocenters. The highest BCUT2D eigenvalue weighted by Crippen LogP contribution is 0.992. The molecule has 0 aliphatic rings. The van der Waals surface area contributed by atoms with Gasteiger partial charge in [-0.1, -0.05) is 0 Å². The molecule has 0 aromatic heterocycles. The quantitative estimate of drug-likeness (QED) is 0.170. The average molecular weight is 61.1 g/mol. The molecule has 0 saturated heterocycles. The first kappa shape index (κ1) is 1.72. The zero-order valence-corrected chi connectivity index (χ0v) is 2.01. The minimum absolute atomic E-state index is 0.194. The molecule has 0 spiro atoms. The van der Waals surface area contributed by atoms with Crippen LogP contribution in [0.1, 0.15) is 0 Å². The second-order valence-corrected chi connectivity index (χ2v) is 0.254. The lowest BCUT2D eigenvalue weighted by Gasteiger charge is -1.66. The lowest BCUT2D eigenvalue weighted by molar-refractivity contribution is -0.109. The minimum atomic E-state index is 0.194. The molecular weight excluding hydrogens is 56.0 g/mol. The van der Waals surface area contributed by atoms with Crippen LogP contribution in [0.5, 0.6) is 0 Å². The fourth-order valence-corrected chi connectivity index (χ4v) is 0. The van der Waals surface area contributed by atoms with Crippen molar-refractivity contribution in [1.82, 2.24) is 5.42 Å². The molecular formula is CH4N2O. The normalized spacial score (nSPS) is 8.75. The Balaban J connectivity index is 2.83. The number of amides is 1. The summed E-state index contributed by atoms with van der Waals surface area (Å²) in [5.41, 5.74) is 0.194. The Morgan fingerprint density at radius 3 is 2.75 bits per heavy atom. The highest BCUT2D eigenvalue weighted by Gasteiger charge is 1.42. The van der Waals surface area contributed by atoms with E-state index in [2.05, 4.69) is 5.84 Å². The number of carbonyl (C=O) groups excluding carboxylic acids is 1. The van der Waals surface area contributed by atoms with Gasteiger partial charge >= 0.3 is 0 Å². The topological polar surface area (TPSA) is 55.1 Å². The van der Waals surface area contributed by atoms with E-state index in [1.807, 2.05) is 0 Å². The van der Waals surface area contributed by atoms with Gasteiger partial charge in [0.15, 0.2) is 1.41 Å². The molecule has 0 aromatic carbocycles. The number of hydrogen-bond acceptors (Lipinski definition) is 2. The molecule has 0 bridgehead atoms. The van der Waals surface area contributed by atoms with Crippen LogP contribution in [-0.2, 0) is 4.79 Å². The summed E-state index contributed by atoms with van der Waals surface area (Å²) >= 11 is 0. The molecule has 3 heteroatoms. The van der Waals surface area contributed by atoms with Crippen molar-refractivity contribution in [2.24, 2.45) is 5.84 Å². The number of carbonyl (C=O) groups is 1. The van der Waals surface area contributed by atoms with Crippen LogP contribution in [0, 0.1) is 0 Å². The third kappa shape index (κ3) is 1.43. The lowest BCUT2D eigenvalue weighted by atomic mass is 11.4. The van der Waals surface area contributed by atoms with Crippen LogP contribution in [0.2, 0.25) is 1.41 Å². The molecule has 0 saturated carbocycles. The number of nitrogens with one attached hydrogen (secondary N) is 1. The molecule has 0 aliphatic heterocycles. The van der Waals surface area contributed by atoms with Gasteiger partial charge in [-0.2, -0.15) is 0 Å². The van der Waals surface area contributed by atoms with Crippen LogP contribution in [0.3, 0.4) is 0 Å². The van der Waals surface area contributed by atoms with Crippen molar-refractivity contribution in [3.8, 4) is 0 Å². The third-order valence-corrected chi connectivity index (χ3v) is 0.0609. The van der Waals surface area contributed by atoms with E-state index in [1.165, 1.54) is 0 Å². The van der Waals surface area contributed by atoms with Gasteiger partial charge in [0.1, 0.15) is 0 Å². The van der Waals surface area contributed by atoms with Gasteiger partial charge in [-0.25, -0.2) is 5.84 Å². The highest BCUT2D eigenvalue weighted by molar-refractivity contribution is 5.44. The molecule has 24 valence electrons. The van der Waals surface area contributed by atoms with Crippen LogP contribution < -0.4 is 11.3 Å². The van der Waals surface area contributed by atoms with Crippen molar-refractivity contribution in [1.29, 1.82) is 0 Å². The molecule has 3 N–H and O–H groups in total. The summed E-state index contributed by atoms with van der Waals surface area (Å²) in [5, 5.41) is 0. The van der Waals surface area contributed by atoms with Gasteiger partial charge in [-0.3, -0.25) is 10.2 Å². The largest absolute Gasteiger partial charge is 0.297 e. The number of hydrogen-bond donors (Lipinski definition) is 2. The van der Waals surface area contributed by atoms with Crippen LogP contribution in [0.15, 0.2) is 0 Å². The Morgan fingerprint density at radius 1 is 2.50 bits per heavy atom. The van der Waals surface area contributed by atoms with Gasteiger partial charge in [-0.05, 0) is 0 Å². The fourth-order valence-electron chi connectivity index (χ4n) is 0. The summed E-state index contributed by atoms with van der Waals surface area (Å²) in [6.07, 6.45) is 0.194. The van der Waals surface area contributed by atoms with Crippen molar-refractivity contribution in [2.45, 2.75) is 0 Å². The van der Waals surface area contributed by atoms with Gasteiger partial charge in [0.25, 0.3) is 0 Å². The molecule has 0 rings (SSSR count). The second-order valence-electron chi connectivity index (χ2n) is 0.254. The van der Waals surface area contributed by atoms with E-state index in [0.29, 0.717) is 0 Å². The third-order valence-electron chi connectivity index (χ3n) is 0.0609. The molecule has 0 aliphatic carbocycles. The van der Waals surface area contributed by atoms with Crippen molar-refractivity contribution < 1.29 is 6.21 Å². The summed E-state index contributed by atoms with van der Waals surface area (Å²) in [4.78, 5) is 9.12. The predicted molar refractivity (Wildman–Crippen MR) is 13.4 cm³/mol. The van der Waals surface area contributed by atoms with E-state index >= 15 is 0 Å². The molecule has 0 aromatic rings. The maximum absolute atomic E-state index is 9.12. The number of hydrazine groups is 1. The SMILES string of the molecule is [2H]N(N)C=O. The second kappa shape index (κ2) is 2.43. The van der Waals surface area contributed by atoms with E-state index in [9.17, 15) is 0 Å². The predicted octanol–water partition coefficient (Wildman–Crippen LogP) is -1.39. The summed E-state index contributed by atoms with van der Waals surface area (Å²) in [7, 11) is 0. The van der Waals surface area contributed by atoms with Gasteiger partial charge in [0, 0.05) is 0 Å². The Morgan fingerprint density at radius 2 is 2.75 bits per heavy atom. The van der Waals surface area contributed by atoms with Crippen molar-refractivity contribution in [2.75, 3.05) is 0 Å². The zero-order chi connectivity index (χ0) is 4.28. The van der Waals surface area contributed by atoms with Crippen LogP contribution in [0.25, 0.3) is 0 Å². The Labute approximate surface area is 25.2 Å². The Bertz CT molecular complexity index is 36.6. The fraction of sp³-hybridized carbons (Fsp3) is 0. The van der Waals surface area contributed by atoms with E-state index in [4.69, 9.17) is 6.21 Å². The van der Waals surface area contributed by atoms with Crippen LogP contribution in [0.4, 0.5) is 0 Å². The van der Waals surface area contributed by atoms with E-state index in [1.54, 1.807) is 0 Å². The standard InChI is InChI=1S/CH4N2O/c2-3-1-4/h1H,2H2,(H,3,4)/i/hD. The number of nitrogens with two attached hydrogens (primary N) is 1. The van der Waals surface area contributed by atoms with Gasteiger partial charge in [0.2, 0.25) is 6.41 Å². The van der Waals surface area contributed by atoms with E-state index in [-0.39, 0.29) is 11.8 Å². The summed E-state index contributed by atoms with van der Waals surface area (Å²) in [6.45, 7) is 0. The van der Waals surface area contributed by atoms with E-state index in [0.717, 1.165) is 0 Å². The van der Waals surface area contributed by atoms with Gasteiger partial charge in [0.05, 0.1) is 0 Å². The van der Waals surface area contributed by atoms with Crippen molar-refractivity contribution in [3.63, 3.8) is 0 Å². The molecule has 0 fully saturated rings. The first-order valence-electron chi connectivity index (χ1n) is 1.20. The van der Waals surface area contributed by atoms with Crippen LogP contribution >= 0.6 is 0 Å². The summed E-state index contributed by atoms with van der Waals surface area (Å²) in [6, 6.07) is 0. The Kier molecular flexibility index (Phi) is 1.05. The molecule has 1 amide bonds. The molecule has 0 heterocycles. The number of rotatable bonds is 1. The maximum Gasteiger partial charge on any atom is 0.221 e. The highest BCUT2D eigenvalue weighted by atomic mass is 16.1. The Hall–Kier alpha value is -0.570. The zero-order valence-electron chi connectivity index (χ0n) is 3.01. The van der Waals surface area contributed by atoms with Crippen LogP contribution in [-0.4, -0.2) is 6.41 Å².